The van der Waals surface area contributed by atoms with Gasteiger partial charge in [0.2, 0.25) is 0 Å². The Labute approximate surface area is 113 Å². The first-order chi connectivity index (χ1) is 9.75. The van der Waals surface area contributed by atoms with Crippen LogP contribution >= 0.6 is 0 Å². The Morgan fingerprint density at radius 2 is 1.75 bits per heavy atom. The van der Waals surface area contributed by atoms with Gasteiger partial charge in [-0.1, -0.05) is 23.4 Å². The second-order valence-corrected chi connectivity index (χ2v) is 4.10. The van der Waals surface area contributed by atoms with Gasteiger partial charge in [0, 0.05) is 12.1 Å². The molecule has 20 heavy (non-hydrogen) atoms. The zero-order valence-corrected chi connectivity index (χ0v) is 10.3. The van der Waals surface area contributed by atoms with Crippen molar-refractivity contribution in [3.8, 4) is 17.1 Å². The lowest BCUT2D eigenvalue weighted by molar-refractivity contribution is -0.649. The summed E-state index contributed by atoms with van der Waals surface area (Å²) in [7, 11) is 0. The molecule has 3 aromatic rings. The van der Waals surface area contributed by atoms with E-state index in [0.717, 1.165) is 11.3 Å². The number of benzene rings is 2. The highest BCUT2D eigenvalue weighted by Crippen LogP contribution is 2.18. The van der Waals surface area contributed by atoms with Crippen molar-refractivity contribution in [1.29, 1.82) is 0 Å². The highest BCUT2D eigenvalue weighted by Gasteiger charge is 2.19. The van der Waals surface area contributed by atoms with Gasteiger partial charge in [-0.15, -0.1) is 4.68 Å². The number of non-ortho nitro benzene ring substituents is 1. The molecule has 0 fully saturated rings. The maximum absolute atomic E-state index is 10.7. The minimum atomic E-state index is -0.433. The Kier molecular flexibility index (Phi) is 2.92. The van der Waals surface area contributed by atoms with Crippen molar-refractivity contribution < 1.29 is 9.61 Å². The van der Waals surface area contributed by atoms with Gasteiger partial charge < -0.3 is 0 Å². The topological polar surface area (TPSA) is 88.6 Å². The van der Waals surface area contributed by atoms with E-state index in [-0.39, 0.29) is 5.69 Å². The van der Waals surface area contributed by atoms with Gasteiger partial charge in [-0.25, -0.2) is 0 Å². The second kappa shape index (κ2) is 4.88. The van der Waals surface area contributed by atoms with E-state index < -0.39 is 4.92 Å². The van der Waals surface area contributed by atoms with Crippen molar-refractivity contribution in [3.63, 3.8) is 0 Å². The van der Waals surface area contributed by atoms with Gasteiger partial charge >= 0.3 is 5.82 Å². The number of nitro groups is 1. The third-order valence-corrected chi connectivity index (χ3v) is 2.85. The molecule has 0 unspecified atom stereocenters. The van der Waals surface area contributed by atoms with Crippen LogP contribution in [0, 0.1) is 10.1 Å². The van der Waals surface area contributed by atoms with Gasteiger partial charge in [0.05, 0.1) is 10.5 Å². The fourth-order valence-electron chi connectivity index (χ4n) is 1.88. The minimum Gasteiger partial charge on any atom is -0.258 e. The molecule has 1 N–H and O–H groups in total. The third-order valence-electron chi connectivity index (χ3n) is 2.85. The number of rotatable bonds is 3. The Morgan fingerprint density at radius 1 is 1.05 bits per heavy atom. The number of nitrogens with zero attached hydrogens (tertiary/aromatic N) is 4. The monoisotopic (exact) mass is 268 g/mol. The van der Waals surface area contributed by atoms with Crippen molar-refractivity contribution in [2.45, 2.75) is 0 Å². The van der Waals surface area contributed by atoms with Gasteiger partial charge in [0.15, 0.2) is 5.21 Å². The number of tetrazole rings is 1. The lowest BCUT2D eigenvalue weighted by Crippen LogP contribution is -2.34. The molecule has 0 aliphatic heterocycles. The predicted octanol–water partition coefficient (Wildman–Crippen LogP) is 1.66. The van der Waals surface area contributed by atoms with E-state index in [0.29, 0.717) is 5.82 Å². The summed E-state index contributed by atoms with van der Waals surface area (Å²) in [5, 5.41) is 21.2. The molecule has 0 radical (unpaired) electrons. The predicted molar refractivity (Wildman–Crippen MR) is 70.0 cm³/mol. The third kappa shape index (κ3) is 2.12. The highest BCUT2D eigenvalue weighted by molar-refractivity contribution is 5.54. The molecule has 0 spiro atoms. The van der Waals surface area contributed by atoms with Gasteiger partial charge in [-0.2, -0.15) is 0 Å². The maximum atomic E-state index is 10.7. The second-order valence-electron chi connectivity index (χ2n) is 4.10. The number of nitrogens with one attached hydrogen (secondary N) is 1. The van der Waals surface area contributed by atoms with Crippen LogP contribution in [-0.4, -0.2) is 20.4 Å². The summed E-state index contributed by atoms with van der Waals surface area (Å²) in [4.78, 5) is 10.2. The fourth-order valence-corrected chi connectivity index (χ4v) is 1.88. The van der Waals surface area contributed by atoms with Crippen LogP contribution < -0.4 is 4.68 Å². The Bertz CT molecular complexity index is 737. The van der Waals surface area contributed by atoms with Crippen LogP contribution in [0.4, 0.5) is 5.69 Å². The van der Waals surface area contributed by atoms with E-state index in [1.165, 1.54) is 12.1 Å². The standard InChI is InChI=1S/C13H9N5O2/c19-18(20)12-8-6-10(7-9-12)13-14-15-16-17(13)11-4-2-1-3-5-11/h1-9H/p+1. The average molecular weight is 268 g/mol. The first-order valence-electron chi connectivity index (χ1n) is 5.89. The molecular weight excluding hydrogens is 258 g/mol. The zero-order valence-electron chi connectivity index (χ0n) is 10.3. The van der Waals surface area contributed by atoms with Crippen molar-refractivity contribution in [3.05, 3.63) is 64.7 Å². The highest BCUT2D eigenvalue weighted by atomic mass is 16.6. The number of aromatic nitrogens is 4. The lowest BCUT2D eigenvalue weighted by Gasteiger charge is -1.98. The summed E-state index contributed by atoms with van der Waals surface area (Å²) in [6, 6.07) is 15.7. The maximum Gasteiger partial charge on any atom is 0.337 e. The van der Waals surface area contributed by atoms with Crippen LogP contribution in [0.2, 0.25) is 0 Å². The smallest absolute Gasteiger partial charge is 0.258 e. The molecule has 0 saturated heterocycles. The number of para-hydroxylation sites is 1. The molecule has 0 atom stereocenters. The van der Waals surface area contributed by atoms with Crippen LogP contribution in [0.1, 0.15) is 0 Å². The summed E-state index contributed by atoms with van der Waals surface area (Å²) in [6.07, 6.45) is 0. The minimum absolute atomic E-state index is 0.0449. The molecule has 0 amide bonds. The van der Waals surface area contributed by atoms with E-state index in [2.05, 4.69) is 15.5 Å². The van der Waals surface area contributed by atoms with Crippen molar-refractivity contribution in [2.75, 3.05) is 0 Å². The number of H-pyrrole nitrogens is 1. The van der Waals surface area contributed by atoms with E-state index in [4.69, 9.17) is 0 Å². The quantitative estimate of drug-likeness (QED) is 0.444. The van der Waals surface area contributed by atoms with Crippen LogP contribution in [0.3, 0.4) is 0 Å². The van der Waals surface area contributed by atoms with Crippen LogP contribution in [0.5, 0.6) is 0 Å². The largest absolute Gasteiger partial charge is 0.337 e. The molecule has 0 saturated carbocycles. The molecular formula is C13H10N5O2+. The average Bonchev–Trinajstić information content (AvgIpc) is 2.97. The van der Waals surface area contributed by atoms with Gasteiger partial charge in [0.1, 0.15) is 10.8 Å². The lowest BCUT2D eigenvalue weighted by atomic mass is 10.2. The molecule has 7 nitrogen and oxygen atoms in total. The Balaban J connectivity index is 2.04. The molecule has 0 bridgehead atoms. The number of hydrogen-bond donors (Lipinski definition) is 1. The molecule has 7 heteroatoms. The summed E-state index contributed by atoms with van der Waals surface area (Å²) in [6.45, 7) is 0. The number of nitro benzene ring substituents is 1. The number of aromatic amines is 1. The van der Waals surface area contributed by atoms with Crippen molar-refractivity contribution in [1.82, 2.24) is 15.5 Å². The molecule has 1 heterocycles. The van der Waals surface area contributed by atoms with Crippen molar-refractivity contribution >= 4 is 5.69 Å². The van der Waals surface area contributed by atoms with E-state index in [1.807, 2.05) is 30.3 Å². The molecule has 1 aromatic heterocycles. The summed E-state index contributed by atoms with van der Waals surface area (Å²) >= 11 is 0. The summed E-state index contributed by atoms with van der Waals surface area (Å²) in [5.74, 6) is 0.589. The van der Waals surface area contributed by atoms with Gasteiger partial charge in [-0.3, -0.25) is 10.1 Å². The molecule has 0 aliphatic rings. The Morgan fingerprint density at radius 3 is 2.40 bits per heavy atom. The first kappa shape index (κ1) is 12.0. The van der Waals surface area contributed by atoms with E-state index in [9.17, 15) is 10.1 Å². The first-order valence-corrected chi connectivity index (χ1v) is 5.89. The SMILES string of the molecule is O=[N+]([O-])c1ccc(-c2nn[nH][n+]2-c2ccccc2)cc1. The molecule has 2 aromatic carbocycles. The number of hydrogen-bond acceptors (Lipinski definition) is 4. The van der Waals surface area contributed by atoms with Crippen LogP contribution in [0.15, 0.2) is 54.6 Å². The van der Waals surface area contributed by atoms with Crippen molar-refractivity contribution in [2.24, 2.45) is 0 Å². The zero-order chi connectivity index (χ0) is 13.9. The van der Waals surface area contributed by atoms with E-state index in [1.54, 1.807) is 16.8 Å². The normalized spacial score (nSPS) is 10.4. The Hall–Kier alpha value is -3.09. The molecule has 0 aliphatic carbocycles. The van der Waals surface area contributed by atoms with Gasteiger partial charge in [0.25, 0.3) is 5.69 Å². The van der Waals surface area contributed by atoms with E-state index >= 15 is 0 Å². The van der Waals surface area contributed by atoms with Gasteiger partial charge in [-0.05, 0) is 24.3 Å². The molecule has 3 rings (SSSR count). The summed E-state index contributed by atoms with van der Waals surface area (Å²) < 4.78 is 1.71. The summed E-state index contributed by atoms with van der Waals surface area (Å²) in [5.41, 5.74) is 1.67. The van der Waals surface area contributed by atoms with Crippen LogP contribution in [0.25, 0.3) is 17.1 Å². The van der Waals surface area contributed by atoms with Crippen LogP contribution in [-0.2, 0) is 0 Å². The molecule has 98 valence electrons. The fraction of sp³-hybridized carbons (Fsp3) is 0.